The summed E-state index contributed by atoms with van der Waals surface area (Å²) in [5.74, 6) is -1.71. The first-order chi connectivity index (χ1) is 11.5. The van der Waals surface area contributed by atoms with Crippen molar-refractivity contribution < 1.29 is 13.9 Å². The van der Waals surface area contributed by atoms with Crippen LogP contribution in [0.25, 0.3) is 5.57 Å². The molecule has 136 valence electrons. The van der Waals surface area contributed by atoms with Crippen LogP contribution in [-0.4, -0.2) is 36.5 Å². The van der Waals surface area contributed by atoms with E-state index in [1.807, 2.05) is 30.3 Å². The smallest absolute Gasteiger partial charge is 0.405 e. The predicted molar refractivity (Wildman–Crippen MR) is 97.1 cm³/mol. The highest BCUT2D eigenvalue weighted by atomic mass is 19.1. The molecule has 6 heteroatoms. The third-order valence-electron chi connectivity index (χ3n) is 4.38. The van der Waals surface area contributed by atoms with Crippen molar-refractivity contribution in [2.24, 2.45) is 11.5 Å². The standard InChI is InChI=1S/C19H26FN3O2/c1-18(2,25-17(22)24)11-14-12-19(20,23(3)4)15(10-16(14)21)13-8-6-5-7-9-13/h5-10H,11-12,21H2,1-4H3,(H2,22,24). The van der Waals surface area contributed by atoms with Gasteiger partial charge in [0.25, 0.3) is 0 Å². The molecule has 2 rings (SSSR count). The Bertz CT molecular complexity index is 711. The van der Waals surface area contributed by atoms with E-state index in [-0.39, 0.29) is 6.42 Å². The number of nitrogens with two attached hydrogens (primary N) is 2. The monoisotopic (exact) mass is 347 g/mol. The fraction of sp³-hybridized carbons (Fsp3) is 0.421. The molecule has 0 bridgehead atoms. The van der Waals surface area contributed by atoms with Crippen LogP contribution in [0.1, 0.15) is 32.3 Å². The Morgan fingerprint density at radius 3 is 2.44 bits per heavy atom. The number of halogens is 1. The minimum absolute atomic E-state index is 0.0954. The molecule has 1 aliphatic rings. The van der Waals surface area contributed by atoms with Crippen molar-refractivity contribution in [3.05, 3.63) is 53.2 Å². The van der Waals surface area contributed by atoms with Gasteiger partial charge in [-0.3, -0.25) is 4.90 Å². The van der Waals surface area contributed by atoms with Gasteiger partial charge in [0.1, 0.15) is 5.60 Å². The third kappa shape index (κ3) is 4.20. The number of hydrogen-bond acceptors (Lipinski definition) is 4. The Morgan fingerprint density at radius 2 is 1.92 bits per heavy atom. The van der Waals surface area contributed by atoms with Gasteiger partial charge >= 0.3 is 6.09 Å². The zero-order chi connectivity index (χ0) is 18.8. The first kappa shape index (κ1) is 19.0. The lowest BCUT2D eigenvalue weighted by molar-refractivity contribution is 0.0352. The van der Waals surface area contributed by atoms with Gasteiger partial charge in [0.15, 0.2) is 5.79 Å². The first-order valence-electron chi connectivity index (χ1n) is 8.15. The summed E-state index contributed by atoms with van der Waals surface area (Å²) in [5.41, 5.74) is 13.0. The lowest BCUT2D eigenvalue weighted by Crippen LogP contribution is -2.44. The van der Waals surface area contributed by atoms with Crippen molar-refractivity contribution in [1.82, 2.24) is 4.90 Å². The third-order valence-corrected chi connectivity index (χ3v) is 4.38. The molecule has 0 fully saturated rings. The molecule has 0 heterocycles. The normalized spacial score (nSPS) is 21.3. The number of allylic oxidation sites excluding steroid dienone is 1. The van der Waals surface area contributed by atoms with Gasteiger partial charge in [0, 0.05) is 24.1 Å². The van der Waals surface area contributed by atoms with Crippen LogP contribution in [0.2, 0.25) is 0 Å². The van der Waals surface area contributed by atoms with E-state index in [1.54, 1.807) is 38.9 Å². The number of carbonyl (C=O) groups is 1. The molecule has 1 aromatic carbocycles. The van der Waals surface area contributed by atoms with Gasteiger partial charge in [0.2, 0.25) is 0 Å². The highest BCUT2D eigenvalue weighted by Crippen LogP contribution is 2.44. The number of benzene rings is 1. The number of alkyl halides is 1. The van der Waals surface area contributed by atoms with Gasteiger partial charge in [-0.15, -0.1) is 0 Å². The van der Waals surface area contributed by atoms with E-state index < -0.39 is 17.5 Å². The van der Waals surface area contributed by atoms with Gasteiger partial charge in [-0.1, -0.05) is 30.3 Å². The fourth-order valence-corrected chi connectivity index (χ4v) is 3.16. The maximum absolute atomic E-state index is 15.9. The number of carbonyl (C=O) groups excluding carboxylic acids is 1. The highest BCUT2D eigenvalue weighted by molar-refractivity contribution is 5.76. The van der Waals surface area contributed by atoms with E-state index in [9.17, 15) is 4.79 Å². The van der Waals surface area contributed by atoms with Gasteiger partial charge < -0.3 is 16.2 Å². The molecular weight excluding hydrogens is 321 g/mol. The van der Waals surface area contributed by atoms with Crippen molar-refractivity contribution in [3.8, 4) is 0 Å². The molecule has 0 saturated carbocycles. The maximum atomic E-state index is 15.9. The van der Waals surface area contributed by atoms with Crippen molar-refractivity contribution in [1.29, 1.82) is 0 Å². The average molecular weight is 347 g/mol. The van der Waals surface area contributed by atoms with Crippen LogP contribution in [-0.2, 0) is 4.74 Å². The van der Waals surface area contributed by atoms with Crippen LogP contribution in [0, 0.1) is 0 Å². The van der Waals surface area contributed by atoms with Crippen LogP contribution in [0.15, 0.2) is 47.7 Å². The number of nitrogens with zero attached hydrogens (tertiary/aromatic N) is 1. The maximum Gasteiger partial charge on any atom is 0.405 e. The quantitative estimate of drug-likeness (QED) is 0.802. The molecule has 5 nitrogen and oxygen atoms in total. The molecule has 0 spiro atoms. The summed E-state index contributed by atoms with van der Waals surface area (Å²) in [6.45, 7) is 3.45. The zero-order valence-corrected chi connectivity index (χ0v) is 15.2. The van der Waals surface area contributed by atoms with Crippen LogP contribution in [0.3, 0.4) is 0 Å². The van der Waals surface area contributed by atoms with Crippen LogP contribution in [0.5, 0.6) is 0 Å². The molecule has 0 aliphatic heterocycles. The number of primary amides is 1. The molecule has 4 N–H and O–H groups in total. The first-order valence-corrected chi connectivity index (χ1v) is 8.15. The van der Waals surface area contributed by atoms with Gasteiger partial charge in [-0.2, -0.15) is 0 Å². The second-order valence-electron chi connectivity index (χ2n) is 7.17. The molecule has 25 heavy (non-hydrogen) atoms. The van der Waals surface area contributed by atoms with E-state index in [0.29, 0.717) is 23.3 Å². The Balaban J connectivity index is 2.44. The molecule has 1 aliphatic carbocycles. The van der Waals surface area contributed by atoms with E-state index in [1.165, 1.54) is 0 Å². The number of hydrogen-bond donors (Lipinski definition) is 2. The summed E-state index contributed by atoms with van der Waals surface area (Å²) in [7, 11) is 3.39. The topological polar surface area (TPSA) is 81.6 Å². The predicted octanol–water partition coefficient (Wildman–Crippen LogP) is 3.18. The fourth-order valence-electron chi connectivity index (χ4n) is 3.16. The Labute approximate surface area is 148 Å². The average Bonchev–Trinajstić information content (AvgIpc) is 2.49. The summed E-state index contributed by atoms with van der Waals surface area (Å²) in [5, 5.41) is 0. The second-order valence-corrected chi connectivity index (χ2v) is 7.17. The molecule has 1 aromatic rings. The molecular formula is C19H26FN3O2. The lowest BCUT2D eigenvalue weighted by atomic mass is 9.81. The van der Waals surface area contributed by atoms with Crippen molar-refractivity contribution >= 4 is 11.7 Å². The minimum Gasteiger partial charge on any atom is -0.443 e. The number of rotatable bonds is 5. The number of amides is 1. The molecule has 1 atom stereocenters. The Kier molecular flexibility index (Phi) is 5.23. The van der Waals surface area contributed by atoms with Crippen molar-refractivity contribution in [3.63, 3.8) is 0 Å². The van der Waals surface area contributed by atoms with Gasteiger partial charge in [-0.25, -0.2) is 9.18 Å². The summed E-state index contributed by atoms with van der Waals surface area (Å²) in [4.78, 5) is 12.6. The van der Waals surface area contributed by atoms with Gasteiger partial charge in [-0.05, 0) is 45.2 Å². The minimum atomic E-state index is -1.71. The van der Waals surface area contributed by atoms with E-state index in [4.69, 9.17) is 16.2 Å². The van der Waals surface area contributed by atoms with E-state index in [0.717, 1.165) is 5.56 Å². The molecule has 0 radical (unpaired) electrons. The van der Waals surface area contributed by atoms with E-state index >= 15 is 4.39 Å². The van der Waals surface area contributed by atoms with Gasteiger partial charge in [0.05, 0.1) is 0 Å². The molecule has 0 aromatic heterocycles. The summed E-state index contributed by atoms with van der Waals surface area (Å²) in [6, 6.07) is 9.35. The molecule has 1 amide bonds. The van der Waals surface area contributed by atoms with Crippen LogP contribution < -0.4 is 11.5 Å². The number of likely N-dealkylation sites (N-methyl/N-ethyl adjacent to an activating group) is 1. The number of ether oxygens (including phenoxy) is 1. The van der Waals surface area contributed by atoms with Crippen LogP contribution in [0.4, 0.5) is 9.18 Å². The lowest BCUT2D eigenvalue weighted by Gasteiger charge is -2.39. The molecule has 0 saturated heterocycles. The molecule has 1 unspecified atom stereocenters. The van der Waals surface area contributed by atoms with Crippen molar-refractivity contribution in [2.75, 3.05) is 14.1 Å². The zero-order valence-electron chi connectivity index (χ0n) is 15.2. The van der Waals surface area contributed by atoms with Crippen molar-refractivity contribution in [2.45, 2.75) is 38.1 Å². The summed E-state index contributed by atoms with van der Waals surface area (Å²) >= 11 is 0. The second kappa shape index (κ2) is 6.88. The van der Waals surface area contributed by atoms with E-state index in [2.05, 4.69) is 0 Å². The van der Waals surface area contributed by atoms with Crippen LogP contribution >= 0.6 is 0 Å². The summed E-state index contributed by atoms with van der Waals surface area (Å²) in [6.07, 6.45) is 1.21. The Morgan fingerprint density at radius 1 is 1.32 bits per heavy atom. The SMILES string of the molecule is CN(C)C1(F)CC(CC(C)(C)OC(N)=O)=C(N)C=C1c1ccccc1. The summed E-state index contributed by atoms with van der Waals surface area (Å²) < 4.78 is 21.1. The highest BCUT2D eigenvalue weighted by Gasteiger charge is 2.42. The largest absolute Gasteiger partial charge is 0.443 e. The Hall–Kier alpha value is -2.34.